The number of hydrogen-bond donors (Lipinski definition) is 2. The summed E-state index contributed by atoms with van der Waals surface area (Å²) in [6.45, 7) is 5.37. The molecular formula is C21H23N5O3. The summed E-state index contributed by atoms with van der Waals surface area (Å²) in [6, 6.07) is 6.89. The lowest BCUT2D eigenvalue weighted by molar-refractivity contribution is 0.0996. The number of rotatable bonds is 4. The van der Waals surface area contributed by atoms with Crippen LogP contribution in [0.2, 0.25) is 0 Å². The van der Waals surface area contributed by atoms with Gasteiger partial charge in [-0.2, -0.15) is 0 Å². The van der Waals surface area contributed by atoms with Gasteiger partial charge < -0.3 is 20.5 Å². The van der Waals surface area contributed by atoms with Crippen LogP contribution in [0.4, 0.5) is 11.4 Å². The van der Waals surface area contributed by atoms with Gasteiger partial charge in [-0.3, -0.25) is 9.59 Å². The minimum absolute atomic E-state index is 0.313. The number of hydrogen-bond acceptors (Lipinski definition) is 6. The van der Waals surface area contributed by atoms with E-state index in [9.17, 15) is 9.59 Å². The number of nitrogens with zero attached hydrogens (tertiary/aromatic N) is 3. The van der Waals surface area contributed by atoms with Crippen LogP contribution in [-0.2, 0) is 0 Å². The Bertz CT molecular complexity index is 1100. The van der Waals surface area contributed by atoms with Crippen molar-refractivity contribution in [1.29, 1.82) is 0 Å². The first-order valence-electron chi connectivity index (χ1n) is 9.68. The molecule has 0 bridgehead atoms. The minimum atomic E-state index is -0.539. The van der Waals surface area contributed by atoms with Crippen molar-refractivity contribution in [3.8, 4) is 0 Å². The molecule has 8 heteroatoms. The molecule has 0 spiro atoms. The highest BCUT2D eigenvalue weighted by atomic mass is 16.5. The van der Waals surface area contributed by atoms with Gasteiger partial charge in [0.05, 0.1) is 28.0 Å². The van der Waals surface area contributed by atoms with Crippen molar-refractivity contribution in [1.82, 2.24) is 10.1 Å². The molecule has 0 unspecified atom stereocenters. The van der Waals surface area contributed by atoms with E-state index in [2.05, 4.69) is 20.4 Å². The number of carbonyl (C=O) groups excluding carboxylic acids is 2. The van der Waals surface area contributed by atoms with Gasteiger partial charge in [0, 0.05) is 24.3 Å². The van der Waals surface area contributed by atoms with Crippen molar-refractivity contribution >= 4 is 34.3 Å². The van der Waals surface area contributed by atoms with Crippen molar-refractivity contribution < 1.29 is 14.1 Å². The molecule has 1 aliphatic rings. The molecule has 0 atom stereocenters. The third-order valence-electron chi connectivity index (χ3n) is 5.22. The van der Waals surface area contributed by atoms with Crippen LogP contribution in [-0.4, -0.2) is 35.0 Å². The normalized spacial score (nSPS) is 14.2. The summed E-state index contributed by atoms with van der Waals surface area (Å²) < 4.78 is 5.23. The number of nitrogens with one attached hydrogen (secondary N) is 1. The highest BCUT2D eigenvalue weighted by molar-refractivity contribution is 6.13. The highest BCUT2D eigenvalue weighted by Gasteiger charge is 2.21. The molecule has 1 aromatic carbocycles. The Labute approximate surface area is 168 Å². The van der Waals surface area contributed by atoms with Crippen LogP contribution in [0.25, 0.3) is 11.1 Å². The average molecular weight is 393 g/mol. The van der Waals surface area contributed by atoms with Crippen LogP contribution < -0.4 is 16.0 Å². The number of nitrogens with two attached hydrogens (primary N) is 1. The molecule has 3 aromatic rings. The Kier molecular flexibility index (Phi) is 4.92. The number of fused-ring (bicyclic) bond motifs is 1. The molecule has 1 aliphatic heterocycles. The number of anilines is 2. The van der Waals surface area contributed by atoms with Crippen molar-refractivity contribution in [2.45, 2.75) is 33.1 Å². The largest absolute Gasteiger partial charge is 0.370 e. The number of aryl methyl sites for hydroxylation is 2. The van der Waals surface area contributed by atoms with E-state index in [-0.39, 0.29) is 5.91 Å². The fraction of sp³-hybridized carbons (Fsp3) is 0.333. The van der Waals surface area contributed by atoms with E-state index in [4.69, 9.17) is 10.3 Å². The van der Waals surface area contributed by atoms with Crippen molar-refractivity contribution in [3.05, 3.63) is 46.8 Å². The standard InChI is InChI=1S/C21H23N5O3/c1-12-10-15(18-13(2)25-29-21(18)23-12)20(28)24-16-11-14(19(22)27)6-7-17(16)26-8-4-3-5-9-26/h6-7,10-11H,3-5,8-9H2,1-2H3,(H2,22,27)(H,24,28). The molecule has 0 saturated carbocycles. The smallest absolute Gasteiger partial charge is 0.258 e. The van der Waals surface area contributed by atoms with Gasteiger partial charge in [-0.25, -0.2) is 4.98 Å². The number of benzene rings is 1. The first kappa shape index (κ1) is 18.9. The SMILES string of the molecule is Cc1cc(C(=O)Nc2cc(C(N)=O)ccc2N2CCCCC2)c2c(C)noc2n1. The number of carbonyl (C=O) groups is 2. The Morgan fingerprint density at radius 2 is 1.90 bits per heavy atom. The van der Waals surface area contributed by atoms with Crippen molar-refractivity contribution in [2.75, 3.05) is 23.3 Å². The molecule has 29 heavy (non-hydrogen) atoms. The molecule has 3 heterocycles. The van der Waals surface area contributed by atoms with Crippen LogP contribution in [0.1, 0.15) is 51.4 Å². The third-order valence-corrected chi connectivity index (χ3v) is 5.22. The molecule has 150 valence electrons. The second-order valence-electron chi connectivity index (χ2n) is 7.36. The Morgan fingerprint density at radius 3 is 2.62 bits per heavy atom. The van der Waals surface area contributed by atoms with Crippen LogP contribution >= 0.6 is 0 Å². The zero-order chi connectivity index (χ0) is 20.5. The predicted molar refractivity (Wildman–Crippen MR) is 110 cm³/mol. The lowest BCUT2D eigenvalue weighted by Gasteiger charge is -2.30. The predicted octanol–water partition coefficient (Wildman–Crippen LogP) is 3.18. The summed E-state index contributed by atoms with van der Waals surface area (Å²) in [7, 11) is 0. The first-order chi connectivity index (χ1) is 13.9. The second-order valence-corrected chi connectivity index (χ2v) is 7.36. The van der Waals surface area contributed by atoms with Crippen molar-refractivity contribution in [2.24, 2.45) is 5.73 Å². The van der Waals surface area contributed by atoms with Gasteiger partial charge in [0.15, 0.2) is 0 Å². The highest BCUT2D eigenvalue weighted by Crippen LogP contribution is 2.31. The van der Waals surface area contributed by atoms with Gasteiger partial charge in [0.1, 0.15) is 0 Å². The quantitative estimate of drug-likeness (QED) is 0.704. The van der Waals surface area contributed by atoms with Gasteiger partial charge in [0.25, 0.3) is 11.6 Å². The fourth-order valence-corrected chi connectivity index (χ4v) is 3.79. The number of pyridine rings is 1. The maximum absolute atomic E-state index is 13.2. The summed E-state index contributed by atoms with van der Waals surface area (Å²) in [5.74, 6) is -0.852. The molecule has 2 aromatic heterocycles. The molecule has 2 amide bonds. The van der Waals surface area contributed by atoms with E-state index < -0.39 is 5.91 Å². The summed E-state index contributed by atoms with van der Waals surface area (Å²) in [4.78, 5) is 31.4. The monoisotopic (exact) mass is 393 g/mol. The number of amides is 2. The Balaban J connectivity index is 1.75. The number of piperidine rings is 1. The lowest BCUT2D eigenvalue weighted by Crippen LogP contribution is -2.30. The topological polar surface area (TPSA) is 114 Å². The molecule has 3 N–H and O–H groups in total. The zero-order valence-electron chi connectivity index (χ0n) is 16.5. The molecule has 0 aliphatic carbocycles. The molecule has 1 saturated heterocycles. The van der Waals surface area contributed by atoms with E-state index in [1.165, 1.54) is 6.42 Å². The Morgan fingerprint density at radius 1 is 1.14 bits per heavy atom. The van der Waals surface area contributed by atoms with Crippen LogP contribution in [0.5, 0.6) is 0 Å². The summed E-state index contributed by atoms with van der Waals surface area (Å²) in [6.07, 6.45) is 3.38. The molecule has 4 rings (SSSR count). The molecular weight excluding hydrogens is 370 g/mol. The maximum atomic E-state index is 13.2. The summed E-state index contributed by atoms with van der Waals surface area (Å²) in [5, 5.41) is 7.48. The number of aromatic nitrogens is 2. The molecule has 8 nitrogen and oxygen atoms in total. The van der Waals surface area contributed by atoms with Gasteiger partial charge in [0.2, 0.25) is 5.91 Å². The van der Waals surface area contributed by atoms with Gasteiger partial charge >= 0.3 is 0 Å². The summed E-state index contributed by atoms with van der Waals surface area (Å²) in [5.41, 5.74) is 9.26. The summed E-state index contributed by atoms with van der Waals surface area (Å²) >= 11 is 0. The van der Waals surface area contributed by atoms with Crippen molar-refractivity contribution in [3.63, 3.8) is 0 Å². The van der Waals surface area contributed by atoms with Crippen LogP contribution in [0.3, 0.4) is 0 Å². The minimum Gasteiger partial charge on any atom is -0.370 e. The fourth-order valence-electron chi connectivity index (χ4n) is 3.79. The lowest BCUT2D eigenvalue weighted by atomic mass is 10.1. The van der Waals surface area contributed by atoms with Crippen LogP contribution in [0.15, 0.2) is 28.8 Å². The third kappa shape index (κ3) is 3.65. The number of primary amides is 1. The zero-order valence-corrected chi connectivity index (χ0v) is 16.5. The van der Waals surface area contributed by atoms with Gasteiger partial charge in [-0.1, -0.05) is 5.16 Å². The van der Waals surface area contributed by atoms with E-state index in [0.29, 0.717) is 39.3 Å². The van der Waals surface area contributed by atoms with Gasteiger partial charge in [-0.05, 0) is 57.4 Å². The van der Waals surface area contributed by atoms with E-state index in [0.717, 1.165) is 31.6 Å². The second kappa shape index (κ2) is 7.54. The maximum Gasteiger partial charge on any atom is 0.258 e. The molecule has 0 radical (unpaired) electrons. The van der Waals surface area contributed by atoms with E-state index in [1.54, 1.807) is 32.0 Å². The van der Waals surface area contributed by atoms with E-state index >= 15 is 0 Å². The van der Waals surface area contributed by atoms with Crippen LogP contribution in [0, 0.1) is 13.8 Å². The first-order valence-corrected chi connectivity index (χ1v) is 9.68. The Hall–Kier alpha value is -3.42. The van der Waals surface area contributed by atoms with Gasteiger partial charge in [-0.15, -0.1) is 0 Å². The van der Waals surface area contributed by atoms with E-state index in [1.807, 2.05) is 6.07 Å². The average Bonchev–Trinajstić information content (AvgIpc) is 3.08. The molecule has 1 fully saturated rings.